The molecule has 1 amide bonds. The zero-order chi connectivity index (χ0) is 13.3. The van der Waals surface area contributed by atoms with Crippen LogP contribution in [0.3, 0.4) is 0 Å². The Balaban J connectivity index is 2.16. The number of amides is 1. The van der Waals surface area contributed by atoms with Gasteiger partial charge in [-0.05, 0) is 31.0 Å². The van der Waals surface area contributed by atoms with Gasteiger partial charge >= 0.3 is 0 Å². The van der Waals surface area contributed by atoms with Crippen molar-refractivity contribution in [3.63, 3.8) is 0 Å². The van der Waals surface area contributed by atoms with Crippen molar-refractivity contribution < 1.29 is 13.2 Å². The zero-order valence-corrected chi connectivity index (χ0v) is 11.2. The maximum Gasteiger partial charge on any atom is 0.231 e. The number of nitrogens with one attached hydrogen (secondary N) is 1. The summed E-state index contributed by atoms with van der Waals surface area (Å²) in [5.74, 6) is 0.135. The third-order valence-electron chi connectivity index (χ3n) is 2.92. The first-order valence-electron chi connectivity index (χ1n) is 5.73. The lowest BCUT2D eigenvalue weighted by atomic mass is 10.2. The van der Waals surface area contributed by atoms with E-state index >= 15 is 0 Å². The van der Waals surface area contributed by atoms with Gasteiger partial charge in [-0.3, -0.25) is 9.10 Å². The molecule has 1 aromatic carbocycles. The Morgan fingerprint density at radius 1 is 1.39 bits per heavy atom. The molecule has 0 aromatic heterocycles. The van der Waals surface area contributed by atoms with Gasteiger partial charge in [-0.15, -0.1) is 0 Å². The van der Waals surface area contributed by atoms with Crippen LogP contribution >= 0.6 is 0 Å². The van der Waals surface area contributed by atoms with Gasteiger partial charge in [0.2, 0.25) is 15.9 Å². The molecular weight excluding hydrogens is 252 g/mol. The van der Waals surface area contributed by atoms with Crippen LogP contribution in [0.4, 0.5) is 11.4 Å². The van der Waals surface area contributed by atoms with Crippen molar-refractivity contribution in [2.45, 2.75) is 12.8 Å². The van der Waals surface area contributed by atoms with E-state index in [4.69, 9.17) is 0 Å². The van der Waals surface area contributed by atoms with Crippen LogP contribution in [-0.4, -0.2) is 27.6 Å². The smallest absolute Gasteiger partial charge is 0.231 e. The van der Waals surface area contributed by atoms with Gasteiger partial charge < -0.3 is 5.32 Å². The van der Waals surface area contributed by atoms with E-state index in [1.807, 2.05) is 0 Å². The maximum atomic E-state index is 11.6. The van der Waals surface area contributed by atoms with Crippen molar-refractivity contribution in [1.29, 1.82) is 0 Å². The van der Waals surface area contributed by atoms with E-state index in [1.54, 1.807) is 24.3 Å². The number of hydrogen-bond acceptors (Lipinski definition) is 3. The summed E-state index contributed by atoms with van der Waals surface area (Å²) in [6, 6.07) is 6.81. The third kappa shape index (κ3) is 3.01. The molecule has 2 rings (SSSR count). The molecule has 0 unspecified atom stereocenters. The first-order chi connectivity index (χ1) is 8.38. The number of anilines is 2. The van der Waals surface area contributed by atoms with Crippen LogP contribution in [0.25, 0.3) is 0 Å². The van der Waals surface area contributed by atoms with E-state index in [0.717, 1.165) is 19.1 Å². The van der Waals surface area contributed by atoms with E-state index in [0.29, 0.717) is 11.4 Å². The third-order valence-corrected chi connectivity index (χ3v) is 4.13. The lowest BCUT2D eigenvalue weighted by Crippen LogP contribution is -2.25. The van der Waals surface area contributed by atoms with Gasteiger partial charge in [0.1, 0.15) is 0 Å². The van der Waals surface area contributed by atoms with Crippen LogP contribution in [-0.2, 0) is 14.8 Å². The van der Waals surface area contributed by atoms with Crippen LogP contribution in [0.15, 0.2) is 24.3 Å². The molecule has 0 radical (unpaired) electrons. The van der Waals surface area contributed by atoms with Crippen molar-refractivity contribution in [3.8, 4) is 0 Å². The summed E-state index contributed by atoms with van der Waals surface area (Å²) in [5, 5.41) is 2.79. The van der Waals surface area contributed by atoms with Crippen molar-refractivity contribution in [2.75, 3.05) is 22.9 Å². The lowest BCUT2D eigenvalue weighted by Gasteiger charge is -2.17. The van der Waals surface area contributed by atoms with E-state index in [9.17, 15) is 13.2 Å². The van der Waals surface area contributed by atoms with Crippen molar-refractivity contribution in [3.05, 3.63) is 24.3 Å². The second kappa shape index (κ2) is 4.61. The fourth-order valence-corrected chi connectivity index (χ4v) is 2.06. The first-order valence-corrected chi connectivity index (χ1v) is 7.57. The Bertz CT molecular complexity index is 564. The molecular formula is C12H16N2O3S. The van der Waals surface area contributed by atoms with E-state index in [2.05, 4.69) is 5.32 Å². The second-order valence-corrected chi connectivity index (χ2v) is 6.56. The molecule has 0 bridgehead atoms. The average Bonchev–Trinajstić information content (AvgIpc) is 3.11. The Labute approximate surface area is 107 Å². The van der Waals surface area contributed by atoms with Gasteiger partial charge in [-0.2, -0.15) is 0 Å². The molecule has 5 nitrogen and oxygen atoms in total. The van der Waals surface area contributed by atoms with Gasteiger partial charge in [-0.25, -0.2) is 8.42 Å². The summed E-state index contributed by atoms with van der Waals surface area (Å²) >= 11 is 0. The quantitative estimate of drug-likeness (QED) is 0.898. The standard InChI is InChI=1S/C12H16N2O3S/c1-14(18(2,16)17)11-5-3-4-10(8-11)13-12(15)9-6-7-9/h3-5,8-9H,6-7H2,1-2H3,(H,13,15). The molecule has 1 saturated carbocycles. The van der Waals surface area contributed by atoms with Crippen LogP contribution in [0.2, 0.25) is 0 Å². The average molecular weight is 268 g/mol. The van der Waals surface area contributed by atoms with E-state index in [-0.39, 0.29) is 11.8 Å². The molecule has 6 heteroatoms. The van der Waals surface area contributed by atoms with Gasteiger partial charge in [0.15, 0.2) is 0 Å². The number of benzene rings is 1. The number of carbonyl (C=O) groups excluding carboxylic acids is 1. The zero-order valence-electron chi connectivity index (χ0n) is 10.4. The van der Waals surface area contributed by atoms with Crippen LogP contribution in [0, 0.1) is 5.92 Å². The molecule has 1 aliphatic rings. The first kappa shape index (κ1) is 12.9. The van der Waals surface area contributed by atoms with E-state index < -0.39 is 10.0 Å². The highest BCUT2D eigenvalue weighted by molar-refractivity contribution is 7.92. The van der Waals surface area contributed by atoms with Crippen LogP contribution < -0.4 is 9.62 Å². The second-order valence-electron chi connectivity index (χ2n) is 4.54. The molecule has 98 valence electrons. The minimum atomic E-state index is -3.28. The summed E-state index contributed by atoms with van der Waals surface area (Å²) in [5.41, 5.74) is 1.16. The normalized spacial score (nSPS) is 15.2. The predicted octanol–water partition coefficient (Wildman–Crippen LogP) is 1.43. The summed E-state index contributed by atoms with van der Waals surface area (Å²) in [6.45, 7) is 0. The molecule has 1 aliphatic carbocycles. The topological polar surface area (TPSA) is 66.5 Å². The summed E-state index contributed by atoms with van der Waals surface area (Å²) in [7, 11) is -1.80. The molecule has 18 heavy (non-hydrogen) atoms. The van der Waals surface area contributed by atoms with Crippen molar-refractivity contribution in [2.24, 2.45) is 5.92 Å². The number of nitrogens with zero attached hydrogens (tertiary/aromatic N) is 1. The molecule has 1 fully saturated rings. The van der Waals surface area contributed by atoms with Crippen molar-refractivity contribution >= 4 is 27.3 Å². The van der Waals surface area contributed by atoms with Crippen molar-refractivity contribution in [1.82, 2.24) is 0 Å². The fraction of sp³-hybridized carbons (Fsp3) is 0.417. The largest absolute Gasteiger partial charge is 0.326 e. The molecule has 0 saturated heterocycles. The van der Waals surface area contributed by atoms with E-state index in [1.165, 1.54) is 11.4 Å². The number of hydrogen-bond donors (Lipinski definition) is 1. The minimum Gasteiger partial charge on any atom is -0.326 e. The number of carbonyl (C=O) groups is 1. The number of sulfonamides is 1. The molecule has 0 spiro atoms. The molecule has 0 heterocycles. The molecule has 1 aromatic rings. The molecule has 1 N–H and O–H groups in total. The minimum absolute atomic E-state index is 0.00848. The lowest BCUT2D eigenvalue weighted by molar-refractivity contribution is -0.117. The molecule has 0 aliphatic heterocycles. The van der Waals surface area contributed by atoms with Gasteiger partial charge in [0.25, 0.3) is 0 Å². The van der Waals surface area contributed by atoms with Gasteiger partial charge in [0, 0.05) is 18.7 Å². The van der Waals surface area contributed by atoms with Crippen LogP contribution in [0.5, 0.6) is 0 Å². The Hall–Kier alpha value is -1.56. The maximum absolute atomic E-state index is 11.6. The summed E-state index contributed by atoms with van der Waals surface area (Å²) < 4.78 is 24.0. The Kier molecular flexibility index (Phi) is 3.30. The molecule has 0 atom stereocenters. The number of rotatable bonds is 4. The summed E-state index contributed by atoms with van der Waals surface area (Å²) in [6.07, 6.45) is 3.02. The highest BCUT2D eigenvalue weighted by atomic mass is 32.2. The van der Waals surface area contributed by atoms with Crippen LogP contribution in [0.1, 0.15) is 12.8 Å². The SMILES string of the molecule is CN(c1cccc(NC(=O)C2CC2)c1)S(C)(=O)=O. The highest BCUT2D eigenvalue weighted by Crippen LogP contribution is 2.30. The van der Waals surface area contributed by atoms with Gasteiger partial charge in [0.05, 0.1) is 11.9 Å². The Morgan fingerprint density at radius 3 is 2.61 bits per heavy atom. The predicted molar refractivity (Wildman–Crippen MR) is 71.0 cm³/mol. The summed E-state index contributed by atoms with van der Waals surface area (Å²) in [4.78, 5) is 11.6. The monoisotopic (exact) mass is 268 g/mol. The van der Waals surface area contributed by atoms with Gasteiger partial charge in [-0.1, -0.05) is 6.07 Å². The fourth-order valence-electron chi connectivity index (χ4n) is 1.56. The Morgan fingerprint density at radius 2 is 2.06 bits per heavy atom. The highest BCUT2D eigenvalue weighted by Gasteiger charge is 2.29.